The summed E-state index contributed by atoms with van der Waals surface area (Å²) in [6.07, 6.45) is 1.55. The maximum Gasteiger partial charge on any atom is 0.271 e. The lowest BCUT2D eigenvalue weighted by Crippen LogP contribution is -2.44. The van der Waals surface area contributed by atoms with Crippen LogP contribution in [0.25, 0.3) is 0 Å². The number of aryl methyl sites for hydroxylation is 2. The van der Waals surface area contributed by atoms with Gasteiger partial charge in [-0.3, -0.25) is 14.5 Å². The maximum absolute atomic E-state index is 14.1. The van der Waals surface area contributed by atoms with Crippen molar-refractivity contribution in [2.75, 3.05) is 11.5 Å². The van der Waals surface area contributed by atoms with Gasteiger partial charge in [0.15, 0.2) is 0 Å². The van der Waals surface area contributed by atoms with Crippen molar-refractivity contribution in [3.8, 4) is 5.75 Å². The first-order valence-corrected chi connectivity index (χ1v) is 12.2. The minimum atomic E-state index is -0.956. The Labute approximate surface area is 208 Å². The fourth-order valence-corrected chi connectivity index (χ4v) is 4.73. The number of anilines is 1. The number of nitrogens with one attached hydrogen (secondary N) is 1. The summed E-state index contributed by atoms with van der Waals surface area (Å²) in [6, 6.07) is 19.1. The molecule has 2 heterocycles. The Morgan fingerprint density at radius 1 is 1.06 bits per heavy atom. The zero-order chi connectivity index (χ0) is 24.8. The van der Waals surface area contributed by atoms with Crippen LogP contribution < -0.4 is 15.0 Å². The monoisotopic (exact) mass is 489 g/mol. The molecule has 1 atom stereocenters. The quantitative estimate of drug-likeness (QED) is 0.338. The van der Waals surface area contributed by atoms with Crippen molar-refractivity contribution in [2.45, 2.75) is 33.4 Å². The van der Waals surface area contributed by atoms with Crippen molar-refractivity contribution in [1.29, 1.82) is 0 Å². The van der Waals surface area contributed by atoms with Crippen molar-refractivity contribution in [3.63, 3.8) is 0 Å². The van der Waals surface area contributed by atoms with Gasteiger partial charge < -0.3 is 14.5 Å². The number of ether oxygens (including phenoxy) is 1. The molecule has 2 amide bonds. The molecule has 1 N–H and O–H groups in total. The molecule has 1 unspecified atom stereocenters. The van der Waals surface area contributed by atoms with E-state index in [4.69, 9.17) is 9.15 Å². The van der Waals surface area contributed by atoms with Crippen LogP contribution in [0.4, 0.5) is 5.69 Å². The third kappa shape index (κ3) is 5.44. The number of benzene rings is 2. The van der Waals surface area contributed by atoms with E-state index >= 15 is 0 Å². The molecule has 0 aliphatic rings. The molecule has 4 aromatic rings. The molecule has 0 spiro atoms. The van der Waals surface area contributed by atoms with Crippen LogP contribution in [0.1, 0.15) is 44.7 Å². The summed E-state index contributed by atoms with van der Waals surface area (Å²) >= 11 is 1.31. The highest BCUT2D eigenvalue weighted by molar-refractivity contribution is 7.13. The molecule has 2 aromatic carbocycles. The van der Waals surface area contributed by atoms with E-state index in [0.717, 1.165) is 5.01 Å². The average Bonchev–Trinajstić information content (AvgIpc) is 3.51. The van der Waals surface area contributed by atoms with Crippen LogP contribution in [0.3, 0.4) is 0 Å². The Kier molecular flexibility index (Phi) is 7.62. The lowest BCUT2D eigenvalue weighted by Gasteiger charge is -2.32. The highest BCUT2D eigenvalue weighted by Gasteiger charge is 2.36. The zero-order valence-electron chi connectivity index (χ0n) is 19.9. The van der Waals surface area contributed by atoms with Gasteiger partial charge in [0.25, 0.3) is 5.91 Å². The molecule has 4 rings (SSSR count). The van der Waals surface area contributed by atoms with E-state index in [1.54, 1.807) is 37.5 Å². The fourth-order valence-electron chi connectivity index (χ4n) is 3.88. The van der Waals surface area contributed by atoms with Gasteiger partial charge in [-0.2, -0.15) is 0 Å². The van der Waals surface area contributed by atoms with Gasteiger partial charge in [-0.25, -0.2) is 4.98 Å². The molecule has 0 saturated heterocycles. The molecule has 8 heteroatoms. The number of amides is 2. The van der Waals surface area contributed by atoms with Gasteiger partial charge in [0.05, 0.1) is 35.8 Å². The zero-order valence-corrected chi connectivity index (χ0v) is 20.7. The van der Waals surface area contributed by atoms with Gasteiger partial charge in [0.1, 0.15) is 22.4 Å². The number of rotatable bonds is 9. The molecule has 180 valence electrons. The summed E-state index contributed by atoms with van der Waals surface area (Å²) in [5.74, 6) is 0.474. The molecule has 0 fully saturated rings. The first-order valence-electron chi connectivity index (χ1n) is 11.3. The van der Waals surface area contributed by atoms with Gasteiger partial charge in [-0.15, -0.1) is 11.3 Å². The number of carbonyl (C=O) groups is 2. The molecule has 2 aromatic heterocycles. The van der Waals surface area contributed by atoms with Gasteiger partial charge in [-0.1, -0.05) is 42.5 Å². The first kappa shape index (κ1) is 24.2. The second kappa shape index (κ2) is 11.0. The van der Waals surface area contributed by atoms with Crippen molar-refractivity contribution in [1.82, 2.24) is 10.3 Å². The minimum Gasteiger partial charge on any atom is -0.492 e. The second-order valence-electron chi connectivity index (χ2n) is 7.83. The number of hydrogen-bond donors (Lipinski definition) is 1. The second-order valence-corrected chi connectivity index (χ2v) is 9.04. The van der Waals surface area contributed by atoms with E-state index in [-0.39, 0.29) is 18.4 Å². The van der Waals surface area contributed by atoms with Crippen molar-refractivity contribution < 1.29 is 18.7 Å². The Morgan fingerprint density at radius 3 is 2.46 bits per heavy atom. The van der Waals surface area contributed by atoms with Crippen LogP contribution in [-0.2, 0) is 11.3 Å². The SMILES string of the molecule is CCOc1ccccc1N(C(=O)c1sc(C)nc1C)C(C(=O)NCc1ccco1)c1ccccc1. The summed E-state index contributed by atoms with van der Waals surface area (Å²) < 4.78 is 11.3. The van der Waals surface area contributed by atoms with Gasteiger partial charge in [-0.05, 0) is 50.6 Å². The molecule has 0 aliphatic heterocycles. The molecular formula is C27H27N3O4S. The number of hydrogen-bond acceptors (Lipinski definition) is 6. The van der Waals surface area contributed by atoms with Crippen LogP contribution in [-0.4, -0.2) is 23.4 Å². The van der Waals surface area contributed by atoms with Crippen molar-refractivity contribution >= 4 is 28.8 Å². The first-order chi connectivity index (χ1) is 17.0. The Bertz CT molecular complexity index is 1290. The van der Waals surface area contributed by atoms with Crippen LogP contribution in [0.5, 0.6) is 5.75 Å². The van der Waals surface area contributed by atoms with E-state index < -0.39 is 6.04 Å². The maximum atomic E-state index is 14.1. The number of nitrogens with zero attached hydrogens (tertiary/aromatic N) is 2. The smallest absolute Gasteiger partial charge is 0.271 e. The lowest BCUT2D eigenvalue weighted by atomic mass is 10.0. The number of carbonyl (C=O) groups excluding carboxylic acids is 2. The third-order valence-electron chi connectivity index (χ3n) is 5.38. The third-order valence-corrected chi connectivity index (χ3v) is 6.44. The average molecular weight is 490 g/mol. The van der Waals surface area contributed by atoms with Gasteiger partial charge in [0, 0.05) is 0 Å². The van der Waals surface area contributed by atoms with E-state index in [2.05, 4.69) is 10.3 Å². The predicted octanol–water partition coefficient (Wildman–Crippen LogP) is 5.46. The number of thiazole rings is 1. The van der Waals surface area contributed by atoms with Crippen LogP contribution in [0.15, 0.2) is 77.4 Å². The Balaban J connectivity index is 1.84. The summed E-state index contributed by atoms with van der Waals surface area (Å²) in [5.41, 5.74) is 1.80. The highest BCUT2D eigenvalue weighted by atomic mass is 32.1. The minimum absolute atomic E-state index is 0.197. The van der Waals surface area contributed by atoms with E-state index in [0.29, 0.717) is 39.9 Å². The summed E-state index contributed by atoms with van der Waals surface area (Å²) in [6.45, 7) is 6.15. The summed E-state index contributed by atoms with van der Waals surface area (Å²) in [7, 11) is 0. The van der Waals surface area contributed by atoms with Crippen LogP contribution >= 0.6 is 11.3 Å². The van der Waals surface area contributed by atoms with E-state index in [9.17, 15) is 9.59 Å². The normalized spacial score (nSPS) is 11.6. The number of furan rings is 1. The largest absolute Gasteiger partial charge is 0.492 e. The summed E-state index contributed by atoms with van der Waals surface area (Å²) in [5, 5.41) is 3.71. The van der Waals surface area contributed by atoms with Crippen LogP contribution in [0, 0.1) is 13.8 Å². The van der Waals surface area contributed by atoms with E-state index in [1.165, 1.54) is 16.2 Å². The standard InChI is InChI=1S/C27H27N3O4S/c1-4-33-23-15-9-8-14-22(23)30(27(32)25-18(2)29-19(3)35-25)24(20-11-6-5-7-12-20)26(31)28-17-21-13-10-16-34-21/h5-16,24H,4,17H2,1-3H3,(H,28,31). The molecule has 7 nitrogen and oxygen atoms in total. The molecule has 0 bridgehead atoms. The number of aromatic nitrogens is 1. The predicted molar refractivity (Wildman–Crippen MR) is 136 cm³/mol. The van der Waals surface area contributed by atoms with Gasteiger partial charge >= 0.3 is 0 Å². The van der Waals surface area contributed by atoms with Crippen molar-refractivity contribution in [3.05, 3.63) is 99.9 Å². The van der Waals surface area contributed by atoms with Crippen molar-refractivity contribution in [2.24, 2.45) is 0 Å². The highest BCUT2D eigenvalue weighted by Crippen LogP contribution is 2.37. The Hall–Kier alpha value is -3.91. The molecule has 0 aliphatic carbocycles. The molecule has 35 heavy (non-hydrogen) atoms. The molecule has 0 saturated carbocycles. The molecule has 0 radical (unpaired) electrons. The van der Waals surface area contributed by atoms with Crippen LogP contribution in [0.2, 0.25) is 0 Å². The number of para-hydroxylation sites is 2. The fraction of sp³-hybridized carbons (Fsp3) is 0.222. The van der Waals surface area contributed by atoms with E-state index in [1.807, 2.05) is 56.3 Å². The topological polar surface area (TPSA) is 84.7 Å². The summed E-state index contributed by atoms with van der Waals surface area (Å²) in [4.78, 5) is 34.3. The lowest BCUT2D eigenvalue weighted by molar-refractivity contribution is -0.122. The van der Waals surface area contributed by atoms with Gasteiger partial charge in [0.2, 0.25) is 5.91 Å². The molecular weight excluding hydrogens is 462 g/mol. The Morgan fingerprint density at radius 2 is 1.80 bits per heavy atom.